The van der Waals surface area contributed by atoms with Crippen LogP contribution in [-0.4, -0.2) is 11.9 Å². The van der Waals surface area contributed by atoms with Gasteiger partial charge in [-0.05, 0) is 36.4 Å². The zero-order valence-electron chi connectivity index (χ0n) is 12.8. The molecule has 0 spiro atoms. The van der Waals surface area contributed by atoms with Crippen molar-refractivity contribution in [3.8, 4) is 5.75 Å². The highest BCUT2D eigenvalue weighted by molar-refractivity contribution is 6.08. The predicted octanol–water partition coefficient (Wildman–Crippen LogP) is 4.16. The van der Waals surface area contributed by atoms with Crippen LogP contribution in [0.5, 0.6) is 5.75 Å². The lowest BCUT2D eigenvalue weighted by Crippen LogP contribution is -2.16. The highest BCUT2D eigenvalue weighted by atomic mass is 16.5. The fraction of sp³-hybridized carbons (Fsp3) is 0. The van der Waals surface area contributed by atoms with Crippen molar-refractivity contribution in [3.63, 3.8) is 0 Å². The van der Waals surface area contributed by atoms with Gasteiger partial charge in [0, 0.05) is 5.56 Å². The summed E-state index contributed by atoms with van der Waals surface area (Å²) in [5.74, 6) is -0.354. The minimum absolute atomic E-state index is 0.282. The third-order valence-electron chi connectivity index (χ3n) is 3.38. The number of para-hydroxylation sites is 2. The molecule has 0 aliphatic carbocycles. The number of hydrogen-bond acceptors (Lipinski definition) is 3. The van der Waals surface area contributed by atoms with E-state index in [1.54, 1.807) is 72.8 Å². The number of anilines is 1. The van der Waals surface area contributed by atoms with E-state index in [0.717, 1.165) is 0 Å². The molecule has 3 rings (SSSR count). The van der Waals surface area contributed by atoms with Crippen LogP contribution in [0.15, 0.2) is 84.9 Å². The highest BCUT2D eigenvalue weighted by Crippen LogP contribution is 2.19. The summed E-state index contributed by atoms with van der Waals surface area (Å²) in [5, 5.41) is 2.75. The molecule has 0 bridgehead atoms. The van der Waals surface area contributed by atoms with Crippen molar-refractivity contribution in [2.45, 2.75) is 0 Å². The largest absolute Gasteiger partial charge is 0.423 e. The Morgan fingerprint density at radius 1 is 0.708 bits per heavy atom. The molecule has 0 aromatic heterocycles. The average molecular weight is 317 g/mol. The van der Waals surface area contributed by atoms with E-state index >= 15 is 0 Å². The molecule has 0 unspecified atom stereocenters. The minimum atomic E-state index is -0.523. The molecular weight excluding hydrogens is 302 g/mol. The summed E-state index contributed by atoms with van der Waals surface area (Å²) in [6, 6.07) is 24.4. The topological polar surface area (TPSA) is 55.4 Å². The smallest absolute Gasteiger partial charge is 0.345 e. The maximum absolute atomic E-state index is 12.4. The van der Waals surface area contributed by atoms with Gasteiger partial charge in [-0.25, -0.2) is 4.79 Å². The Kier molecular flexibility index (Phi) is 4.68. The van der Waals surface area contributed by atoms with Gasteiger partial charge in [0.2, 0.25) is 0 Å². The van der Waals surface area contributed by atoms with E-state index in [2.05, 4.69) is 5.32 Å². The second-order valence-electron chi connectivity index (χ2n) is 5.07. The fourth-order valence-corrected chi connectivity index (χ4v) is 2.20. The normalized spacial score (nSPS) is 10.0. The molecule has 3 aromatic rings. The summed E-state index contributed by atoms with van der Waals surface area (Å²) >= 11 is 0. The van der Waals surface area contributed by atoms with Crippen LogP contribution >= 0.6 is 0 Å². The number of esters is 1. The molecule has 0 fully saturated rings. The van der Waals surface area contributed by atoms with Gasteiger partial charge in [-0.3, -0.25) is 4.79 Å². The first kappa shape index (κ1) is 15.5. The number of rotatable bonds is 4. The number of nitrogens with one attached hydrogen (secondary N) is 1. The summed E-state index contributed by atoms with van der Waals surface area (Å²) < 4.78 is 5.34. The van der Waals surface area contributed by atoms with Crippen molar-refractivity contribution >= 4 is 17.6 Å². The monoisotopic (exact) mass is 317 g/mol. The van der Waals surface area contributed by atoms with Gasteiger partial charge in [0.05, 0.1) is 11.3 Å². The summed E-state index contributed by atoms with van der Waals surface area (Å²) in [7, 11) is 0. The van der Waals surface area contributed by atoms with E-state index in [0.29, 0.717) is 22.6 Å². The molecule has 4 heteroatoms. The molecule has 0 saturated carbocycles. The van der Waals surface area contributed by atoms with Crippen molar-refractivity contribution in [3.05, 3.63) is 96.1 Å². The van der Waals surface area contributed by atoms with Crippen LogP contribution in [-0.2, 0) is 0 Å². The van der Waals surface area contributed by atoms with Gasteiger partial charge >= 0.3 is 5.97 Å². The minimum Gasteiger partial charge on any atom is -0.423 e. The van der Waals surface area contributed by atoms with Gasteiger partial charge in [-0.1, -0.05) is 48.5 Å². The molecule has 0 heterocycles. The molecule has 0 radical (unpaired) electrons. The maximum Gasteiger partial charge on any atom is 0.345 e. The highest BCUT2D eigenvalue weighted by Gasteiger charge is 2.15. The Bertz CT molecular complexity index is 845. The van der Waals surface area contributed by atoms with Crippen LogP contribution in [0.4, 0.5) is 5.69 Å². The summed E-state index contributed by atoms with van der Waals surface area (Å²) in [6.45, 7) is 0. The van der Waals surface area contributed by atoms with Gasteiger partial charge in [0.1, 0.15) is 5.75 Å². The van der Waals surface area contributed by atoms with Crippen LogP contribution in [0.1, 0.15) is 20.7 Å². The van der Waals surface area contributed by atoms with Gasteiger partial charge in [-0.2, -0.15) is 0 Å². The number of ether oxygens (including phenoxy) is 1. The first-order valence-corrected chi connectivity index (χ1v) is 7.47. The average Bonchev–Trinajstić information content (AvgIpc) is 2.63. The quantitative estimate of drug-likeness (QED) is 0.581. The van der Waals surface area contributed by atoms with Gasteiger partial charge in [-0.15, -0.1) is 0 Å². The van der Waals surface area contributed by atoms with E-state index in [1.807, 2.05) is 12.1 Å². The Morgan fingerprint density at radius 3 is 2.00 bits per heavy atom. The number of carbonyl (C=O) groups excluding carboxylic acids is 2. The number of benzene rings is 3. The lowest BCUT2D eigenvalue weighted by Gasteiger charge is -2.10. The summed E-state index contributed by atoms with van der Waals surface area (Å²) in [6.07, 6.45) is 0. The standard InChI is InChI=1S/C20H15NO3/c22-19(15-9-3-1-4-10-15)21-18-14-8-7-13-17(18)20(23)24-16-11-5-2-6-12-16/h1-14H,(H,21,22). The Morgan fingerprint density at radius 2 is 1.29 bits per heavy atom. The molecule has 1 amide bonds. The van der Waals surface area contributed by atoms with E-state index in [4.69, 9.17) is 4.74 Å². The molecule has 0 aliphatic heterocycles. The SMILES string of the molecule is O=C(Nc1ccccc1C(=O)Oc1ccccc1)c1ccccc1. The molecule has 0 atom stereocenters. The first-order valence-electron chi connectivity index (χ1n) is 7.47. The molecule has 118 valence electrons. The van der Waals surface area contributed by atoms with Crippen LogP contribution in [0.25, 0.3) is 0 Å². The molecule has 4 nitrogen and oxygen atoms in total. The first-order chi connectivity index (χ1) is 11.7. The van der Waals surface area contributed by atoms with Crippen molar-refractivity contribution in [2.75, 3.05) is 5.32 Å². The van der Waals surface area contributed by atoms with E-state index in [-0.39, 0.29) is 5.91 Å². The zero-order chi connectivity index (χ0) is 16.8. The van der Waals surface area contributed by atoms with Gasteiger partial charge < -0.3 is 10.1 Å². The Balaban J connectivity index is 1.80. The third-order valence-corrected chi connectivity index (χ3v) is 3.38. The molecule has 0 saturated heterocycles. The Hall–Kier alpha value is -3.40. The second kappa shape index (κ2) is 7.24. The Labute approximate surface area is 139 Å². The van der Waals surface area contributed by atoms with E-state index in [1.165, 1.54) is 0 Å². The molecule has 0 aliphatic rings. The lowest BCUT2D eigenvalue weighted by molar-refractivity contribution is 0.0736. The van der Waals surface area contributed by atoms with E-state index < -0.39 is 5.97 Å². The van der Waals surface area contributed by atoms with Crippen LogP contribution in [0.2, 0.25) is 0 Å². The van der Waals surface area contributed by atoms with Crippen molar-refractivity contribution in [1.82, 2.24) is 0 Å². The van der Waals surface area contributed by atoms with E-state index in [9.17, 15) is 9.59 Å². The van der Waals surface area contributed by atoms with Crippen LogP contribution < -0.4 is 10.1 Å². The predicted molar refractivity (Wildman–Crippen MR) is 92.2 cm³/mol. The fourth-order valence-electron chi connectivity index (χ4n) is 2.20. The molecular formula is C20H15NO3. The molecule has 3 aromatic carbocycles. The number of amides is 1. The third kappa shape index (κ3) is 3.67. The van der Waals surface area contributed by atoms with Gasteiger partial charge in [0.15, 0.2) is 0 Å². The van der Waals surface area contributed by atoms with Crippen LogP contribution in [0.3, 0.4) is 0 Å². The van der Waals surface area contributed by atoms with Crippen LogP contribution in [0, 0.1) is 0 Å². The second-order valence-corrected chi connectivity index (χ2v) is 5.07. The number of carbonyl (C=O) groups is 2. The number of hydrogen-bond donors (Lipinski definition) is 1. The van der Waals surface area contributed by atoms with Gasteiger partial charge in [0.25, 0.3) is 5.91 Å². The van der Waals surface area contributed by atoms with Crippen molar-refractivity contribution in [2.24, 2.45) is 0 Å². The lowest BCUT2D eigenvalue weighted by atomic mass is 10.1. The summed E-state index contributed by atoms with van der Waals surface area (Å²) in [4.78, 5) is 24.7. The molecule has 24 heavy (non-hydrogen) atoms. The van der Waals surface area contributed by atoms with Crippen molar-refractivity contribution in [1.29, 1.82) is 0 Å². The molecule has 1 N–H and O–H groups in total. The maximum atomic E-state index is 12.4. The van der Waals surface area contributed by atoms with Crippen molar-refractivity contribution < 1.29 is 14.3 Å². The zero-order valence-corrected chi connectivity index (χ0v) is 12.8. The summed E-state index contributed by atoms with van der Waals surface area (Å²) in [5.41, 5.74) is 1.22.